The minimum atomic E-state index is -1.16. The molecule has 0 atom stereocenters. The highest BCUT2D eigenvalue weighted by molar-refractivity contribution is 6.24. The van der Waals surface area contributed by atoms with Gasteiger partial charge in [0.15, 0.2) is 0 Å². The molecule has 0 saturated heterocycles. The van der Waals surface area contributed by atoms with E-state index in [0.29, 0.717) is 38.5 Å². The maximum Gasteiger partial charge on any atom is 0.339 e. The van der Waals surface area contributed by atoms with Crippen LogP contribution in [0.15, 0.2) is 0 Å². The van der Waals surface area contributed by atoms with Gasteiger partial charge in [0.1, 0.15) is 0 Å². The van der Waals surface area contributed by atoms with Crippen LogP contribution >= 0.6 is 0 Å². The molecule has 0 aliphatic carbocycles. The van der Waals surface area contributed by atoms with Crippen molar-refractivity contribution in [3.63, 3.8) is 0 Å². The SMILES string of the molecule is CCCCCCOC(=O)c1c(C(=O)OCCCCCC)c(C(=O)OCCCCCC)c(C(=O)OCCCCCC)c(C(=O)OCCCCCC)c1C(=O)OCCCCCC. The van der Waals surface area contributed by atoms with Gasteiger partial charge in [-0.2, -0.15) is 0 Å². The molecular weight excluding hydrogens is 769 g/mol. The van der Waals surface area contributed by atoms with E-state index in [1.807, 2.05) is 41.5 Å². The fourth-order valence-electron chi connectivity index (χ4n) is 6.57. The second-order valence-corrected chi connectivity index (χ2v) is 15.4. The van der Waals surface area contributed by atoms with Gasteiger partial charge in [0.2, 0.25) is 0 Å². The number of rotatable bonds is 36. The van der Waals surface area contributed by atoms with Crippen LogP contribution in [0.25, 0.3) is 0 Å². The van der Waals surface area contributed by atoms with Gasteiger partial charge in [0, 0.05) is 0 Å². The molecule has 1 rings (SSSR count). The molecule has 0 amide bonds. The second-order valence-electron chi connectivity index (χ2n) is 15.4. The van der Waals surface area contributed by atoms with Crippen LogP contribution in [0.5, 0.6) is 0 Å². The Labute approximate surface area is 360 Å². The van der Waals surface area contributed by atoms with Crippen LogP contribution in [0, 0.1) is 0 Å². The maximum atomic E-state index is 14.5. The average Bonchev–Trinajstić information content (AvgIpc) is 3.24. The number of esters is 6. The van der Waals surface area contributed by atoms with Crippen molar-refractivity contribution in [3.05, 3.63) is 33.4 Å². The van der Waals surface area contributed by atoms with Crippen LogP contribution < -0.4 is 0 Å². The Balaban J connectivity index is 4.38. The highest BCUT2D eigenvalue weighted by atomic mass is 16.6. The molecule has 1 aromatic rings. The first kappa shape index (κ1) is 54.1. The second kappa shape index (κ2) is 34.7. The third-order valence-electron chi connectivity index (χ3n) is 10.1. The number of benzene rings is 1. The van der Waals surface area contributed by atoms with E-state index >= 15 is 0 Å². The van der Waals surface area contributed by atoms with Gasteiger partial charge in [0.05, 0.1) is 73.0 Å². The van der Waals surface area contributed by atoms with E-state index in [1.54, 1.807) is 0 Å². The predicted molar refractivity (Wildman–Crippen MR) is 233 cm³/mol. The molecule has 0 saturated carbocycles. The summed E-state index contributed by atoms with van der Waals surface area (Å²) in [6.07, 6.45) is 18.3. The molecule has 1 aromatic carbocycles. The molecular formula is C48H78O12. The zero-order chi connectivity index (χ0) is 44.4. The van der Waals surface area contributed by atoms with Crippen molar-refractivity contribution < 1.29 is 57.2 Å². The lowest BCUT2D eigenvalue weighted by Crippen LogP contribution is -2.32. The summed E-state index contributed by atoms with van der Waals surface area (Å²) in [4.78, 5) is 86.8. The first-order chi connectivity index (χ1) is 29.2. The van der Waals surface area contributed by atoms with Gasteiger partial charge in [-0.3, -0.25) is 0 Å². The Morgan fingerprint density at radius 3 is 0.483 bits per heavy atom. The average molecular weight is 847 g/mol. The van der Waals surface area contributed by atoms with Crippen LogP contribution in [0.2, 0.25) is 0 Å². The molecule has 0 unspecified atom stereocenters. The quantitative estimate of drug-likeness (QED) is 0.0358. The lowest BCUT2D eigenvalue weighted by Gasteiger charge is -2.23. The zero-order valence-corrected chi connectivity index (χ0v) is 38.1. The topological polar surface area (TPSA) is 158 Å². The number of unbranched alkanes of at least 4 members (excludes halogenated alkanes) is 18. The normalized spacial score (nSPS) is 10.9. The van der Waals surface area contributed by atoms with Gasteiger partial charge >= 0.3 is 35.8 Å². The minimum absolute atomic E-state index is 0.0776. The Bertz CT molecular complexity index is 1130. The number of hydrogen-bond donors (Lipinski definition) is 0. The van der Waals surface area contributed by atoms with E-state index in [2.05, 4.69) is 0 Å². The fraction of sp³-hybridized carbons (Fsp3) is 0.750. The summed E-state index contributed by atoms with van der Waals surface area (Å²) in [6.45, 7) is 11.8. The Hall–Kier alpha value is -3.96. The molecule has 0 heterocycles. The molecule has 0 aliphatic rings. The molecule has 342 valence electrons. The Morgan fingerprint density at radius 1 is 0.233 bits per heavy atom. The summed E-state index contributed by atoms with van der Waals surface area (Å²) in [5.41, 5.74) is -4.26. The molecule has 0 aromatic heterocycles. The molecule has 0 fully saturated rings. The molecule has 0 bridgehead atoms. The van der Waals surface area contributed by atoms with Crippen LogP contribution in [-0.4, -0.2) is 75.5 Å². The van der Waals surface area contributed by atoms with Crippen LogP contribution in [-0.2, 0) is 28.4 Å². The van der Waals surface area contributed by atoms with Crippen molar-refractivity contribution in [1.29, 1.82) is 0 Å². The molecule has 12 nitrogen and oxygen atoms in total. The van der Waals surface area contributed by atoms with Crippen LogP contribution in [0.3, 0.4) is 0 Å². The largest absolute Gasteiger partial charge is 0.462 e. The van der Waals surface area contributed by atoms with Gasteiger partial charge in [0.25, 0.3) is 0 Å². The summed E-state index contributed by atoms with van der Waals surface area (Å²) in [5.74, 6) is -6.94. The summed E-state index contributed by atoms with van der Waals surface area (Å²) in [6, 6.07) is 0. The highest BCUT2D eigenvalue weighted by Gasteiger charge is 2.43. The lowest BCUT2D eigenvalue weighted by atomic mass is 9.85. The van der Waals surface area contributed by atoms with Gasteiger partial charge in [-0.15, -0.1) is 0 Å². The van der Waals surface area contributed by atoms with Crippen molar-refractivity contribution in [2.24, 2.45) is 0 Å². The number of hydrogen-bond acceptors (Lipinski definition) is 12. The molecule has 0 spiro atoms. The van der Waals surface area contributed by atoms with Crippen LogP contribution in [0.1, 0.15) is 258 Å². The third kappa shape index (κ3) is 20.5. The smallest absolute Gasteiger partial charge is 0.339 e. The molecule has 0 aliphatic heterocycles. The Morgan fingerprint density at radius 2 is 0.367 bits per heavy atom. The van der Waals surface area contributed by atoms with E-state index in [1.165, 1.54) is 0 Å². The van der Waals surface area contributed by atoms with E-state index in [-0.39, 0.29) is 39.6 Å². The van der Waals surface area contributed by atoms with Gasteiger partial charge in [-0.1, -0.05) is 157 Å². The first-order valence-corrected chi connectivity index (χ1v) is 23.4. The van der Waals surface area contributed by atoms with E-state index in [9.17, 15) is 28.8 Å². The molecule has 60 heavy (non-hydrogen) atoms. The summed E-state index contributed by atoms with van der Waals surface area (Å²) in [5, 5.41) is 0. The number of carbonyl (C=O) groups is 6. The van der Waals surface area contributed by atoms with Crippen molar-refractivity contribution in [2.45, 2.75) is 196 Å². The summed E-state index contributed by atoms with van der Waals surface area (Å²) < 4.78 is 34.3. The van der Waals surface area contributed by atoms with E-state index in [0.717, 1.165) is 116 Å². The minimum Gasteiger partial charge on any atom is -0.462 e. The Kier molecular flexibility index (Phi) is 31.3. The summed E-state index contributed by atoms with van der Waals surface area (Å²) in [7, 11) is 0. The van der Waals surface area contributed by atoms with Crippen molar-refractivity contribution >= 4 is 35.8 Å². The van der Waals surface area contributed by atoms with Crippen molar-refractivity contribution in [2.75, 3.05) is 39.6 Å². The standard InChI is InChI=1S/C48H78O12/c1-7-13-19-25-31-55-43(49)37-38(44(50)56-32-26-20-14-8-2)40(46(52)58-34-28-22-16-10-4)42(48(54)60-36-30-24-18-12-6)41(47(53)59-35-29-23-17-11-5)39(37)45(51)57-33-27-21-15-9-3/h7-36H2,1-6H3. The van der Waals surface area contributed by atoms with Crippen LogP contribution in [0.4, 0.5) is 0 Å². The van der Waals surface area contributed by atoms with Gasteiger partial charge in [-0.05, 0) is 38.5 Å². The van der Waals surface area contributed by atoms with Gasteiger partial charge in [-0.25, -0.2) is 28.8 Å². The predicted octanol–water partition coefficient (Wildman–Crippen LogP) is 12.1. The molecule has 0 N–H and O–H groups in total. The maximum absolute atomic E-state index is 14.5. The monoisotopic (exact) mass is 847 g/mol. The number of ether oxygens (including phenoxy) is 6. The van der Waals surface area contributed by atoms with Crippen molar-refractivity contribution in [1.82, 2.24) is 0 Å². The van der Waals surface area contributed by atoms with Crippen molar-refractivity contribution in [3.8, 4) is 0 Å². The number of carbonyl (C=O) groups excluding carboxylic acids is 6. The molecule has 0 radical (unpaired) electrons. The molecule has 12 heteroatoms. The van der Waals surface area contributed by atoms with E-state index < -0.39 is 69.2 Å². The lowest BCUT2D eigenvalue weighted by molar-refractivity contribution is 0.0385. The van der Waals surface area contributed by atoms with E-state index in [4.69, 9.17) is 28.4 Å². The van der Waals surface area contributed by atoms with Gasteiger partial charge < -0.3 is 28.4 Å². The third-order valence-corrected chi connectivity index (χ3v) is 10.1. The zero-order valence-electron chi connectivity index (χ0n) is 38.1. The summed E-state index contributed by atoms with van der Waals surface area (Å²) >= 11 is 0. The fourth-order valence-corrected chi connectivity index (χ4v) is 6.57. The first-order valence-electron chi connectivity index (χ1n) is 23.4. The highest BCUT2D eigenvalue weighted by Crippen LogP contribution is 2.34.